The van der Waals surface area contributed by atoms with Crippen molar-refractivity contribution in [1.82, 2.24) is 19.0 Å². The number of aromatic nitrogens is 3. The van der Waals surface area contributed by atoms with E-state index in [1.807, 2.05) is 57.5 Å². The van der Waals surface area contributed by atoms with Crippen LogP contribution in [0.15, 0.2) is 42.5 Å². The van der Waals surface area contributed by atoms with Crippen molar-refractivity contribution in [3.8, 4) is 23.3 Å². The van der Waals surface area contributed by atoms with Crippen molar-refractivity contribution in [2.24, 2.45) is 12.8 Å². The van der Waals surface area contributed by atoms with Crippen LogP contribution in [-0.2, 0) is 13.6 Å². The van der Waals surface area contributed by atoms with Gasteiger partial charge in [0.1, 0.15) is 17.8 Å². The molecule has 0 unspecified atom stereocenters. The van der Waals surface area contributed by atoms with Crippen LogP contribution in [0.25, 0.3) is 33.5 Å². The molecule has 2 aromatic heterocycles. The van der Waals surface area contributed by atoms with E-state index in [0.717, 1.165) is 35.0 Å². The quantitative estimate of drug-likeness (QED) is 0.523. The SMILES string of the molecule is COc1cc(C(=O)N2CCC[C@@H](N)C2)cc2nc(-c3cc4ccccc4n3CC#N)n(C)c12. The number of amides is 1. The van der Waals surface area contributed by atoms with Crippen molar-refractivity contribution >= 4 is 27.8 Å². The second-order valence-corrected chi connectivity index (χ2v) is 8.53. The van der Waals surface area contributed by atoms with Crippen LogP contribution in [0.4, 0.5) is 0 Å². The number of hydrogen-bond acceptors (Lipinski definition) is 5. The molecular formula is C25H26N6O2. The molecule has 1 saturated heterocycles. The molecule has 3 heterocycles. The number of carbonyl (C=O) groups excluding carboxylic acids is 1. The van der Waals surface area contributed by atoms with Crippen molar-refractivity contribution in [3.05, 3.63) is 48.0 Å². The van der Waals surface area contributed by atoms with Crippen LogP contribution in [-0.4, -0.2) is 51.2 Å². The monoisotopic (exact) mass is 442 g/mol. The van der Waals surface area contributed by atoms with Gasteiger partial charge in [-0.2, -0.15) is 5.26 Å². The second kappa shape index (κ2) is 8.26. The number of benzene rings is 2. The standard InChI is InChI=1S/C25H26N6O2/c1-29-23-19(12-17(14-22(23)33-2)25(32)30-10-5-7-18(27)15-30)28-24(29)21-13-16-6-3-4-8-20(16)31(21)11-9-26/h3-4,6,8,12-14,18H,5,7,10-11,15,27H2,1-2H3/t18-/m1/s1. The summed E-state index contributed by atoms with van der Waals surface area (Å²) >= 11 is 0. The summed E-state index contributed by atoms with van der Waals surface area (Å²) in [5.41, 5.74) is 9.91. The number of hydrogen-bond donors (Lipinski definition) is 1. The number of rotatable bonds is 4. The van der Waals surface area contributed by atoms with Crippen LogP contribution in [0, 0.1) is 11.3 Å². The summed E-state index contributed by atoms with van der Waals surface area (Å²) in [6.07, 6.45) is 1.84. The van der Waals surface area contributed by atoms with E-state index in [9.17, 15) is 10.1 Å². The van der Waals surface area contributed by atoms with Gasteiger partial charge in [-0.05, 0) is 37.1 Å². The van der Waals surface area contributed by atoms with Crippen molar-refractivity contribution in [2.75, 3.05) is 20.2 Å². The average Bonchev–Trinajstić information content (AvgIpc) is 3.36. The molecule has 4 aromatic rings. The van der Waals surface area contributed by atoms with Crippen molar-refractivity contribution in [1.29, 1.82) is 5.26 Å². The number of methoxy groups -OCH3 is 1. The number of likely N-dealkylation sites (tertiary alicyclic amines) is 1. The van der Waals surface area contributed by atoms with Crippen LogP contribution in [0.3, 0.4) is 0 Å². The summed E-state index contributed by atoms with van der Waals surface area (Å²) in [4.78, 5) is 19.9. The highest BCUT2D eigenvalue weighted by Crippen LogP contribution is 2.34. The third kappa shape index (κ3) is 3.51. The zero-order chi connectivity index (χ0) is 23.1. The molecule has 2 aromatic carbocycles. The number of para-hydroxylation sites is 1. The van der Waals surface area contributed by atoms with E-state index >= 15 is 0 Å². The Balaban J connectivity index is 1.65. The summed E-state index contributed by atoms with van der Waals surface area (Å²) in [7, 11) is 3.52. The zero-order valence-corrected chi connectivity index (χ0v) is 18.8. The van der Waals surface area contributed by atoms with Crippen molar-refractivity contribution in [2.45, 2.75) is 25.4 Å². The number of piperidine rings is 1. The lowest BCUT2D eigenvalue weighted by molar-refractivity contribution is 0.0708. The van der Waals surface area contributed by atoms with Gasteiger partial charge in [-0.1, -0.05) is 18.2 Å². The lowest BCUT2D eigenvalue weighted by Gasteiger charge is -2.30. The first-order chi connectivity index (χ1) is 16.0. The van der Waals surface area contributed by atoms with E-state index in [2.05, 4.69) is 6.07 Å². The van der Waals surface area contributed by atoms with Gasteiger partial charge in [0.15, 0.2) is 5.82 Å². The number of ether oxygens (including phenoxy) is 1. The number of aryl methyl sites for hydroxylation is 1. The molecule has 0 bridgehead atoms. The number of nitriles is 1. The topological polar surface area (TPSA) is 102 Å². The van der Waals surface area contributed by atoms with Gasteiger partial charge < -0.3 is 24.5 Å². The molecule has 0 saturated carbocycles. The maximum absolute atomic E-state index is 13.2. The van der Waals surface area contributed by atoms with Crippen LogP contribution in [0.5, 0.6) is 5.75 Å². The summed E-state index contributed by atoms with van der Waals surface area (Å²) < 4.78 is 9.60. The first kappa shape index (κ1) is 21.0. The minimum Gasteiger partial charge on any atom is -0.494 e. The number of imidazole rings is 1. The van der Waals surface area contributed by atoms with Crippen LogP contribution >= 0.6 is 0 Å². The minimum absolute atomic E-state index is 0.0110. The second-order valence-electron chi connectivity index (χ2n) is 8.53. The molecular weight excluding hydrogens is 416 g/mol. The van der Waals surface area contributed by atoms with Gasteiger partial charge in [0.2, 0.25) is 0 Å². The van der Waals surface area contributed by atoms with Crippen molar-refractivity contribution in [3.63, 3.8) is 0 Å². The fourth-order valence-electron chi connectivity index (χ4n) is 4.83. The molecule has 1 aliphatic rings. The summed E-state index contributed by atoms with van der Waals surface area (Å²) in [5, 5.41) is 10.5. The first-order valence-corrected chi connectivity index (χ1v) is 11.1. The third-order valence-electron chi connectivity index (χ3n) is 6.41. The molecule has 1 aliphatic heterocycles. The first-order valence-electron chi connectivity index (χ1n) is 11.1. The third-order valence-corrected chi connectivity index (χ3v) is 6.41. The van der Waals surface area contributed by atoms with Gasteiger partial charge in [0.05, 0.1) is 24.4 Å². The van der Waals surface area contributed by atoms with E-state index in [0.29, 0.717) is 35.7 Å². The van der Waals surface area contributed by atoms with E-state index in [4.69, 9.17) is 15.5 Å². The smallest absolute Gasteiger partial charge is 0.254 e. The van der Waals surface area contributed by atoms with Gasteiger partial charge in [-0.15, -0.1) is 0 Å². The Labute approximate surface area is 191 Å². The van der Waals surface area contributed by atoms with Crippen LogP contribution in [0.2, 0.25) is 0 Å². The predicted octanol–water partition coefficient (Wildman–Crippen LogP) is 3.29. The van der Waals surface area contributed by atoms with Gasteiger partial charge in [-0.25, -0.2) is 4.98 Å². The Morgan fingerprint density at radius 3 is 2.88 bits per heavy atom. The Morgan fingerprint density at radius 2 is 2.12 bits per heavy atom. The number of carbonyl (C=O) groups is 1. The Bertz CT molecular complexity index is 1410. The molecule has 1 amide bonds. The number of nitrogens with zero attached hydrogens (tertiary/aromatic N) is 5. The molecule has 0 spiro atoms. The highest BCUT2D eigenvalue weighted by Gasteiger charge is 2.25. The Morgan fingerprint density at radius 1 is 1.30 bits per heavy atom. The molecule has 8 heteroatoms. The van der Waals surface area contributed by atoms with Gasteiger partial charge in [0.25, 0.3) is 5.91 Å². The molecule has 5 rings (SSSR count). The molecule has 33 heavy (non-hydrogen) atoms. The molecule has 168 valence electrons. The molecule has 8 nitrogen and oxygen atoms in total. The van der Waals surface area contributed by atoms with Gasteiger partial charge in [0, 0.05) is 42.6 Å². The summed E-state index contributed by atoms with van der Waals surface area (Å²) in [5.74, 6) is 1.23. The van der Waals surface area contributed by atoms with Gasteiger partial charge in [-0.3, -0.25) is 4.79 Å². The fraction of sp³-hybridized carbons (Fsp3) is 0.320. The Kier molecular flexibility index (Phi) is 5.27. The van der Waals surface area contributed by atoms with E-state index in [-0.39, 0.29) is 18.5 Å². The Hall–Kier alpha value is -3.83. The largest absolute Gasteiger partial charge is 0.494 e. The maximum atomic E-state index is 13.2. The van der Waals surface area contributed by atoms with Gasteiger partial charge >= 0.3 is 0 Å². The normalized spacial score (nSPS) is 16.3. The lowest BCUT2D eigenvalue weighted by atomic mass is 10.0. The average molecular weight is 443 g/mol. The summed E-state index contributed by atoms with van der Waals surface area (Å²) in [6.45, 7) is 1.47. The lowest BCUT2D eigenvalue weighted by Crippen LogP contribution is -2.45. The van der Waals surface area contributed by atoms with E-state index < -0.39 is 0 Å². The van der Waals surface area contributed by atoms with Crippen molar-refractivity contribution < 1.29 is 9.53 Å². The highest BCUT2D eigenvalue weighted by molar-refractivity contribution is 6.00. The zero-order valence-electron chi connectivity index (χ0n) is 18.8. The molecule has 0 aliphatic carbocycles. The predicted molar refractivity (Wildman–Crippen MR) is 127 cm³/mol. The molecule has 2 N–H and O–H groups in total. The number of nitrogens with two attached hydrogens (primary N) is 1. The summed E-state index contributed by atoms with van der Waals surface area (Å²) in [6, 6.07) is 15.9. The molecule has 1 atom stereocenters. The molecule has 0 radical (unpaired) electrons. The van der Waals surface area contributed by atoms with E-state index in [1.165, 1.54) is 0 Å². The molecule has 1 fully saturated rings. The fourth-order valence-corrected chi connectivity index (χ4v) is 4.83. The minimum atomic E-state index is -0.0591. The number of fused-ring (bicyclic) bond motifs is 2. The maximum Gasteiger partial charge on any atom is 0.254 e. The van der Waals surface area contributed by atoms with Crippen LogP contribution in [0.1, 0.15) is 23.2 Å². The van der Waals surface area contributed by atoms with Crippen LogP contribution < -0.4 is 10.5 Å². The van der Waals surface area contributed by atoms with E-state index in [1.54, 1.807) is 13.2 Å². The highest BCUT2D eigenvalue weighted by atomic mass is 16.5.